The van der Waals surface area contributed by atoms with Crippen LogP contribution in [-0.2, 0) is 9.47 Å². The number of ether oxygens (including phenoxy) is 2. The second-order valence-corrected chi connectivity index (χ2v) is 17.7. The van der Waals surface area contributed by atoms with E-state index in [1.165, 1.54) is 56.9 Å². The molecule has 5 aliphatic carbocycles. The van der Waals surface area contributed by atoms with E-state index in [0.29, 0.717) is 36.2 Å². The Labute approximate surface area is 261 Å². The molecule has 0 amide bonds. The van der Waals surface area contributed by atoms with Gasteiger partial charge >= 0.3 is 0 Å². The Morgan fingerprint density at radius 1 is 0.791 bits per heavy atom. The minimum Gasteiger partial charge on any atom is -0.393 e. The fourth-order valence-corrected chi connectivity index (χ4v) is 13.2. The molecule has 0 aromatic carbocycles. The predicted octanol–water partition coefficient (Wildman–Crippen LogP) is 6.24. The Kier molecular flexibility index (Phi) is 8.13. The van der Waals surface area contributed by atoms with Crippen molar-refractivity contribution in [2.24, 2.45) is 56.7 Å². The summed E-state index contributed by atoms with van der Waals surface area (Å²) >= 11 is 0. The van der Waals surface area contributed by atoms with Gasteiger partial charge in [-0.15, -0.1) is 0 Å². The smallest absolute Gasteiger partial charge is 0.186 e. The second-order valence-electron chi connectivity index (χ2n) is 17.7. The summed E-state index contributed by atoms with van der Waals surface area (Å²) in [7, 11) is 0. The van der Waals surface area contributed by atoms with Crippen molar-refractivity contribution in [2.75, 3.05) is 6.61 Å². The molecule has 1 heterocycles. The highest BCUT2D eigenvalue weighted by Gasteiger charge is 2.70. The van der Waals surface area contributed by atoms with Crippen molar-refractivity contribution >= 4 is 0 Å². The Balaban J connectivity index is 1.25. The van der Waals surface area contributed by atoms with E-state index in [-0.39, 0.29) is 33.2 Å². The summed E-state index contributed by atoms with van der Waals surface area (Å²) in [5, 5.41) is 42.0. The first-order valence-corrected chi connectivity index (χ1v) is 17.7. The van der Waals surface area contributed by atoms with Crippen LogP contribution in [0.15, 0.2) is 12.2 Å². The SMILES string of the molecule is C=C(C)[C@@H]1CC[C@]2(CCO[C@@H]3O[C@@H](C)[C@H](O)[C@@H](O)[C@H]3O)CC[C@]3(C)[C@H](CC[C@@H]4[C@@]5(C)CC[C@H](O)C(C)(C)[C@@H]5CC[C@]43C)[C@@H]12. The van der Waals surface area contributed by atoms with E-state index in [2.05, 4.69) is 48.1 Å². The van der Waals surface area contributed by atoms with Crippen LogP contribution in [0.1, 0.15) is 119 Å². The summed E-state index contributed by atoms with van der Waals surface area (Å²) < 4.78 is 11.9. The molecule has 0 unspecified atom stereocenters. The maximum absolute atomic E-state index is 11.0. The first kappa shape index (κ1) is 32.4. The van der Waals surface area contributed by atoms with Gasteiger partial charge in [0.15, 0.2) is 6.29 Å². The first-order valence-electron chi connectivity index (χ1n) is 17.7. The fourth-order valence-electron chi connectivity index (χ4n) is 13.2. The normalized spacial score (nSPS) is 55.9. The van der Waals surface area contributed by atoms with Gasteiger partial charge in [0, 0.05) is 0 Å². The van der Waals surface area contributed by atoms with Crippen molar-refractivity contribution in [1.82, 2.24) is 0 Å². The Morgan fingerprint density at radius 3 is 2.21 bits per heavy atom. The van der Waals surface area contributed by atoms with Gasteiger partial charge in [0.2, 0.25) is 0 Å². The molecule has 0 aromatic heterocycles. The molecule has 6 aliphatic rings. The molecular weight excluding hydrogens is 540 g/mol. The number of hydrogen-bond donors (Lipinski definition) is 4. The maximum atomic E-state index is 11.0. The van der Waals surface area contributed by atoms with Crippen molar-refractivity contribution in [3.63, 3.8) is 0 Å². The molecule has 6 fully saturated rings. The molecule has 5 saturated carbocycles. The highest BCUT2D eigenvalue weighted by atomic mass is 16.7. The van der Waals surface area contributed by atoms with Crippen LogP contribution in [0.25, 0.3) is 0 Å². The summed E-state index contributed by atoms with van der Waals surface area (Å²) in [5.41, 5.74) is 2.35. The van der Waals surface area contributed by atoms with E-state index >= 15 is 0 Å². The van der Waals surface area contributed by atoms with Crippen molar-refractivity contribution in [3.8, 4) is 0 Å². The van der Waals surface area contributed by atoms with Crippen LogP contribution in [0.2, 0.25) is 0 Å². The molecule has 0 bridgehead atoms. The van der Waals surface area contributed by atoms with Crippen LogP contribution in [0.4, 0.5) is 0 Å². The molecule has 4 N–H and O–H groups in total. The number of rotatable bonds is 5. The molecule has 1 aliphatic heterocycles. The van der Waals surface area contributed by atoms with Gasteiger partial charge in [-0.2, -0.15) is 0 Å². The minimum atomic E-state index is -1.26. The van der Waals surface area contributed by atoms with Crippen LogP contribution in [0.5, 0.6) is 0 Å². The molecule has 0 radical (unpaired) electrons. The molecule has 15 atom stereocenters. The lowest BCUT2D eigenvalue weighted by Crippen LogP contribution is -2.66. The third-order valence-corrected chi connectivity index (χ3v) is 15.9. The third-order valence-electron chi connectivity index (χ3n) is 15.9. The van der Waals surface area contributed by atoms with E-state index < -0.39 is 30.7 Å². The van der Waals surface area contributed by atoms with E-state index in [1.807, 2.05) is 0 Å². The Hall–Kier alpha value is -0.500. The number of aliphatic hydroxyl groups is 4. The van der Waals surface area contributed by atoms with E-state index in [9.17, 15) is 20.4 Å². The second kappa shape index (κ2) is 10.8. The third kappa shape index (κ3) is 4.53. The van der Waals surface area contributed by atoms with Gasteiger partial charge in [-0.05, 0) is 141 Å². The van der Waals surface area contributed by atoms with Crippen molar-refractivity contribution in [3.05, 3.63) is 12.2 Å². The highest BCUT2D eigenvalue weighted by molar-refractivity contribution is 5.21. The molecule has 6 heteroatoms. The van der Waals surface area contributed by atoms with Gasteiger partial charge < -0.3 is 29.9 Å². The van der Waals surface area contributed by atoms with E-state index in [1.54, 1.807) is 6.92 Å². The number of allylic oxidation sites excluding steroid dienone is 1. The van der Waals surface area contributed by atoms with Crippen LogP contribution < -0.4 is 0 Å². The fraction of sp³-hybridized carbons (Fsp3) is 0.946. The average Bonchev–Trinajstić information content (AvgIpc) is 3.33. The molecule has 43 heavy (non-hydrogen) atoms. The maximum Gasteiger partial charge on any atom is 0.186 e. The lowest BCUT2D eigenvalue weighted by Gasteiger charge is -2.73. The zero-order valence-electron chi connectivity index (χ0n) is 28.1. The Morgan fingerprint density at radius 2 is 1.51 bits per heavy atom. The van der Waals surface area contributed by atoms with Crippen molar-refractivity contribution in [2.45, 2.75) is 156 Å². The average molecular weight is 603 g/mol. The van der Waals surface area contributed by atoms with Crippen molar-refractivity contribution < 1.29 is 29.9 Å². The van der Waals surface area contributed by atoms with Gasteiger partial charge in [0.05, 0.1) is 18.8 Å². The number of hydrogen-bond acceptors (Lipinski definition) is 6. The largest absolute Gasteiger partial charge is 0.393 e. The molecule has 0 aromatic rings. The molecule has 6 nitrogen and oxygen atoms in total. The monoisotopic (exact) mass is 602 g/mol. The minimum absolute atomic E-state index is 0.0220. The predicted molar refractivity (Wildman–Crippen MR) is 168 cm³/mol. The van der Waals surface area contributed by atoms with Gasteiger partial charge in [-0.1, -0.05) is 46.8 Å². The van der Waals surface area contributed by atoms with Crippen molar-refractivity contribution in [1.29, 1.82) is 0 Å². The standard InChI is InChI=1S/C37H62O6/c1-21(2)23-11-16-37(19-20-42-32-31(41)30(40)29(39)22(3)43-32)18-17-35(7)24(28(23)37)9-10-26-34(6)14-13-27(38)33(4,5)25(34)12-15-36(26,35)8/h22-32,38-41H,1,9-20H2,2-8H3/t22-,23-,24+,25-,26+,27-,28+,29-,30+,31+,32+,34-,35+,36+,37+/m0/s1. The molecule has 6 rings (SSSR count). The summed E-state index contributed by atoms with van der Waals surface area (Å²) in [6.45, 7) is 21.6. The highest BCUT2D eigenvalue weighted by Crippen LogP contribution is 2.77. The number of fused-ring (bicyclic) bond motifs is 7. The lowest BCUT2D eigenvalue weighted by atomic mass is 9.32. The zero-order valence-corrected chi connectivity index (χ0v) is 28.1. The summed E-state index contributed by atoms with van der Waals surface area (Å²) in [6, 6.07) is 0. The summed E-state index contributed by atoms with van der Waals surface area (Å²) in [4.78, 5) is 0. The van der Waals surface area contributed by atoms with Gasteiger partial charge in [0.1, 0.15) is 18.3 Å². The summed E-state index contributed by atoms with van der Waals surface area (Å²) in [5.74, 6) is 3.05. The van der Waals surface area contributed by atoms with Gasteiger partial charge in [0.25, 0.3) is 0 Å². The summed E-state index contributed by atoms with van der Waals surface area (Å²) in [6.07, 6.45) is 7.62. The zero-order chi connectivity index (χ0) is 31.3. The van der Waals surface area contributed by atoms with Crippen LogP contribution in [-0.4, -0.2) is 63.8 Å². The van der Waals surface area contributed by atoms with E-state index in [4.69, 9.17) is 9.47 Å². The molecule has 1 saturated heterocycles. The van der Waals surface area contributed by atoms with Gasteiger partial charge in [-0.3, -0.25) is 0 Å². The van der Waals surface area contributed by atoms with Gasteiger partial charge in [-0.25, -0.2) is 0 Å². The lowest BCUT2D eigenvalue weighted by molar-refractivity contribution is -0.295. The molecule has 246 valence electrons. The Bertz CT molecular complexity index is 1080. The van der Waals surface area contributed by atoms with Crippen LogP contribution in [0, 0.1) is 56.7 Å². The molecule has 0 spiro atoms. The van der Waals surface area contributed by atoms with E-state index in [0.717, 1.165) is 19.3 Å². The first-order chi connectivity index (χ1) is 20.0. The topological polar surface area (TPSA) is 99.4 Å². The quantitative estimate of drug-likeness (QED) is 0.278. The van der Waals surface area contributed by atoms with Crippen LogP contribution in [0.3, 0.4) is 0 Å². The number of aliphatic hydroxyl groups excluding tert-OH is 4. The van der Waals surface area contributed by atoms with Crippen LogP contribution >= 0.6 is 0 Å². The molecular formula is C37H62O6.